The summed E-state index contributed by atoms with van der Waals surface area (Å²) < 4.78 is 16.5. The lowest BCUT2D eigenvalue weighted by molar-refractivity contribution is -0.168. The number of carbonyl (C=O) groups is 4. The summed E-state index contributed by atoms with van der Waals surface area (Å²) in [6, 6.07) is 40.2. The number of esters is 1. The number of hydrogen-bond acceptors (Lipinski definition) is 8. The van der Waals surface area contributed by atoms with E-state index in [-0.39, 0.29) is 25.6 Å². The molecule has 1 N–H and O–H groups in total. The Kier molecular flexibility index (Phi) is 11.8. The van der Waals surface area contributed by atoms with Gasteiger partial charge in [-0.1, -0.05) is 141 Å². The lowest BCUT2D eigenvalue weighted by Gasteiger charge is -2.54. The third-order valence-corrected chi connectivity index (χ3v) is 15.1. The molecule has 0 aromatic heterocycles. The molecule has 1 aliphatic rings. The number of Topliss-reactive ketones (excluding diaryl/α,β-unsaturated/α-hetero) is 1. The van der Waals surface area contributed by atoms with Gasteiger partial charge in [0.2, 0.25) is 5.91 Å². The van der Waals surface area contributed by atoms with Gasteiger partial charge in [-0.05, 0) is 82.0 Å². The van der Waals surface area contributed by atoms with E-state index in [2.05, 4.69) is 13.2 Å². The van der Waals surface area contributed by atoms with Gasteiger partial charge in [0, 0.05) is 11.5 Å². The molecule has 298 valence electrons. The summed E-state index contributed by atoms with van der Waals surface area (Å²) in [6.45, 7) is 7.06. The zero-order valence-corrected chi connectivity index (χ0v) is 33.7. The van der Waals surface area contributed by atoms with Crippen molar-refractivity contribution in [3.63, 3.8) is 0 Å². The number of fused-ring (bicyclic) bond motifs is 3. The van der Waals surface area contributed by atoms with E-state index in [1.54, 1.807) is 32.0 Å². The molecule has 0 bridgehead atoms. The molecule has 0 radical (unpaired) electrons. The largest absolute Gasteiger partial charge is 0.508 e. The Morgan fingerprint density at radius 1 is 0.780 bits per heavy atom. The van der Waals surface area contributed by atoms with Crippen LogP contribution in [0, 0.1) is 5.41 Å². The summed E-state index contributed by atoms with van der Waals surface area (Å²) >= 11 is 0. The number of amides is 1. The van der Waals surface area contributed by atoms with Gasteiger partial charge in [0.15, 0.2) is 5.78 Å². The number of likely N-dealkylation sites (tertiary alicyclic amines) is 1. The van der Waals surface area contributed by atoms with Crippen molar-refractivity contribution in [2.45, 2.75) is 32.6 Å². The highest BCUT2D eigenvalue weighted by Crippen LogP contribution is 2.51. The normalized spacial score (nSPS) is 16.8. The molecule has 9 nitrogen and oxygen atoms in total. The maximum Gasteiger partial charge on any atom is 0.508 e. The van der Waals surface area contributed by atoms with E-state index < -0.39 is 42.5 Å². The minimum atomic E-state index is -3.18. The van der Waals surface area contributed by atoms with Crippen molar-refractivity contribution in [2.75, 3.05) is 13.2 Å². The summed E-state index contributed by atoms with van der Waals surface area (Å²) in [6.07, 6.45) is 0.789. The van der Waals surface area contributed by atoms with Gasteiger partial charge in [0.1, 0.15) is 30.8 Å². The van der Waals surface area contributed by atoms with Gasteiger partial charge >= 0.3 is 12.1 Å². The molecule has 59 heavy (non-hydrogen) atoms. The van der Waals surface area contributed by atoms with E-state index in [0.29, 0.717) is 16.4 Å². The number of hydrogen-bond donors (Lipinski definition) is 1. The van der Waals surface area contributed by atoms with Crippen molar-refractivity contribution in [2.24, 2.45) is 5.41 Å². The van der Waals surface area contributed by atoms with Gasteiger partial charge in [-0.25, -0.2) is 9.59 Å². The third kappa shape index (κ3) is 7.28. The summed E-state index contributed by atoms with van der Waals surface area (Å²) in [4.78, 5) is 58.6. The first-order valence-electron chi connectivity index (χ1n) is 19.2. The van der Waals surface area contributed by atoms with E-state index in [0.717, 1.165) is 37.7 Å². The van der Waals surface area contributed by atoms with Crippen molar-refractivity contribution in [1.82, 2.24) is 4.90 Å². The highest BCUT2D eigenvalue weighted by atomic mass is 31.2. The Balaban J connectivity index is 1.49. The molecule has 1 saturated heterocycles. The number of benzene rings is 6. The van der Waals surface area contributed by atoms with Crippen molar-refractivity contribution < 1.29 is 38.5 Å². The lowest BCUT2D eigenvalue weighted by Crippen LogP contribution is -2.74. The van der Waals surface area contributed by atoms with Crippen molar-refractivity contribution in [3.8, 4) is 0 Å². The molecule has 6 aromatic rings. The van der Waals surface area contributed by atoms with Crippen LogP contribution in [0.3, 0.4) is 0 Å². The van der Waals surface area contributed by atoms with Crippen molar-refractivity contribution in [1.29, 1.82) is 0 Å². The standard InChI is InChI=1S/C49H44NO8P/c1-5-27-56-46(53)41-23-15-16-24-43(41)59(37-17-9-7-10-18-37,38-19-11-8-12-20-38)32-50-45(49(4,47(50)54)33(3)58-48(55)57-28-6-2)44(52)35-26-25-34-29-36(31-51)39-21-13-14-22-40(39)42(34)30-35/h5-26,29-30,32-33,45,51H,1-2,27-28,31H2,3-4H3/t33-,45+,49-/m1/s1. The third-order valence-electron chi connectivity index (χ3n) is 11.1. The maximum atomic E-state index is 15.3. The lowest BCUT2D eigenvalue weighted by atomic mass is 9.66. The smallest absolute Gasteiger partial charge is 0.458 e. The number of ketones is 1. The molecule has 1 aliphatic heterocycles. The average molecular weight is 806 g/mol. The van der Waals surface area contributed by atoms with Crippen molar-refractivity contribution >= 4 is 74.1 Å². The quantitative estimate of drug-likeness (QED) is 0.0297. The molecule has 3 atom stereocenters. The Hall–Kier alpha value is -6.54. The van der Waals surface area contributed by atoms with Gasteiger partial charge in [-0.2, -0.15) is 0 Å². The van der Waals surface area contributed by atoms with Crippen molar-refractivity contribution in [3.05, 3.63) is 175 Å². The Labute approximate surface area is 343 Å². The van der Waals surface area contributed by atoms with Crippen LogP contribution >= 0.6 is 6.89 Å². The predicted molar refractivity (Wildman–Crippen MR) is 234 cm³/mol. The molecule has 10 heteroatoms. The summed E-state index contributed by atoms with van der Waals surface area (Å²) in [5.74, 6) is 0.428. The summed E-state index contributed by atoms with van der Waals surface area (Å²) in [5, 5.41) is 15.8. The molecule has 0 saturated carbocycles. The number of ether oxygens (including phenoxy) is 3. The first-order chi connectivity index (χ1) is 28.6. The summed E-state index contributed by atoms with van der Waals surface area (Å²) in [5.41, 5.74) is -0.158. The van der Waals surface area contributed by atoms with Crippen LogP contribution in [0.25, 0.3) is 21.5 Å². The molecule has 1 fully saturated rings. The van der Waals surface area contributed by atoms with Crippen LogP contribution in [0.2, 0.25) is 0 Å². The number of aliphatic hydroxyl groups excluding tert-OH is 1. The molecular weight excluding hydrogens is 762 g/mol. The fourth-order valence-corrected chi connectivity index (χ4v) is 12.0. The van der Waals surface area contributed by atoms with E-state index in [4.69, 9.17) is 14.2 Å². The number of rotatable bonds is 14. The molecule has 0 aliphatic carbocycles. The Bertz CT molecular complexity index is 2610. The van der Waals surface area contributed by atoms with Crippen LogP contribution in [0.5, 0.6) is 0 Å². The van der Waals surface area contributed by atoms with Gasteiger partial charge in [-0.3, -0.25) is 9.59 Å². The van der Waals surface area contributed by atoms with Gasteiger partial charge in [-0.15, -0.1) is 0 Å². The van der Waals surface area contributed by atoms with E-state index in [1.807, 2.05) is 121 Å². The van der Waals surface area contributed by atoms with E-state index in [1.165, 1.54) is 17.1 Å². The molecule has 0 spiro atoms. The fraction of sp³-hybridized carbons (Fsp3) is 0.163. The average Bonchev–Trinajstić information content (AvgIpc) is 3.28. The molecule has 1 heterocycles. The van der Waals surface area contributed by atoms with Crippen LogP contribution < -0.4 is 15.9 Å². The molecule has 0 unspecified atom stereocenters. The zero-order chi connectivity index (χ0) is 41.7. The second kappa shape index (κ2) is 17.1. The van der Waals surface area contributed by atoms with E-state index in [9.17, 15) is 14.7 Å². The first-order valence-corrected chi connectivity index (χ1v) is 21.1. The van der Waals surface area contributed by atoms with Crippen LogP contribution in [0.4, 0.5) is 4.79 Å². The number of aliphatic hydroxyl groups is 1. The van der Waals surface area contributed by atoms with Crippen LogP contribution in [0.15, 0.2) is 159 Å². The highest BCUT2D eigenvalue weighted by Gasteiger charge is 2.64. The SMILES string of the molecule is C=CCOC(=O)O[C@H](C)[C@@]1(C)C(=O)N(C=P(c2ccccc2)(c2ccccc2)c2ccccc2C(=O)OCC=C)[C@H]1C(=O)c1ccc2cc(CO)c3ccccc3c2c1. The monoisotopic (exact) mass is 805 g/mol. The number of carbonyl (C=O) groups excluding carboxylic acids is 4. The van der Waals surface area contributed by atoms with Crippen LogP contribution in [-0.4, -0.2) is 65.1 Å². The minimum absolute atomic E-state index is 0.00593. The molecule has 1 amide bonds. The van der Waals surface area contributed by atoms with Gasteiger partial charge in [0.25, 0.3) is 0 Å². The predicted octanol–water partition coefficient (Wildman–Crippen LogP) is 7.71. The van der Waals surface area contributed by atoms with Crippen LogP contribution in [-0.2, 0) is 25.6 Å². The Morgan fingerprint density at radius 2 is 1.37 bits per heavy atom. The molecule has 6 aromatic carbocycles. The molecule has 7 rings (SSSR count). The number of nitrogens with zero attached hydrogens (tertiary/aromatic N) is 1. The highest BCUT2D eigenvalue weighted by molar-refractivity contribution is 7.94. The van der Waals surface area contributed by atoms with E-state index >= 15 is 9.59 Å². The second-order valence-electron chi connectivity index (χ2n) is 14.5. The van der Waals surface area contributed by atoms with Gasteiger partial charge in [0.05, 0.1) is 12.2 Å². The second-order valence-corrected chi connectivity index (χ2v) is 17.7. The summed E-state index contributed by atoms with van der Waals surface area (Å²) in [7, 11) is 0. The molecular formula is C49H44NO8P. The zero-order valence-electron chi connectivity index (χ0n) is 32.8. The first kappa shape index (κ1) is 40.6. The van der Waals surface area contributed by atoms with Gasteiger partial charge < -0.3 is 24.2 Å². The van der Waals surface area contributed by atoms with Crippen LogP contribution in [0.1, 0.15) is 40.1 Å². The maximum absolute atomic E-state index is 15.3. The minimum Gasteiger partial charge on any atom is -0.458 e. The number of β-lactam (4-membered cyclic amide) rings is 1. The fourth-order valence-electron chi connectivity index (χ4n) is 8.00. The Morgan fingerprint density at radius 3 is 2.02 bits per heavy atom. The topological polar surface area (TPSA) is 119 Å².